The van der Waals surface area contributed by atoms with Crippen LogP contribution in [0, 0.1) is 6.92 Å². The number of aryl methyl sites for hydroxylation is 1. The first-order chi connectivity index (χ1) is 10.2. The summed E-state index contributed by atoms with van der Waals surface area (Å²) >= 11 is 3.52. The van der Waals surface area contributed by atoms with Crippen LogP contribution in [0.5, 0.6) is 0 Å². The lowest BCUT2D eigenvalue weighted by atomic mass is 10.1. The number of benzene rings is 1. The topological polar surface area (TPSA) is 34.4 Å². The lowest BCUT2D eigenvalue weighted by molar-refractivity contribution is 0.109. The third-order valence-electron chi connectivity index (χ3n) is 3.80. The maximum Gasteiger partial charge on any atom is 0.134 e. The fourth-order valence-electron chi connectivity index (χ4n) is 2.59. The minimum atomic E-state index is 0.369. The van der Waals surface area contributed by atoms with Crippen molar-refractivity contribution in [1.82, 2.24) is 5.32 Å². The van der Waals surface area contributed by atoms with Crippen molar-refractivity contribution < 1.29 is 9.15 Å². The highest BCUT2D eigenvalue weighted by Gasteiger charge is 2.14. The van der Waals surface area contributed by atoms with Gasteiger partial charge in [-0.15, -0.1) is 0 Å². The quantitative estimate of drug-likeness (QED) is 0.874. The van der Waals surface area contributed by atoms with Gasteiger partial charge in [-0.2, -0.15) is 0 Å². The van der Waals surface area contributed by atoms with Gasteiger partial charge in [0.25, 0.3) is 0 Å². The average molecular weight is 350 g/mol. The Labute approximate surface area is 133 Å². The summed E-state index contributed by atoms with van der Waals surface area (Å²) in [5.41, 5.74) is 2.32. The van der Waals surface area contributed by atoms with Crippen LogP contribution in [0.15, 0.2) is 39.2 Å². The van der Waals surface area contributed by atoms with E-state index in [1.807, 2.05) is 12.1 Å². The van der Waals surface area contributed by atoms with Crippen molar-refractivity contribution in [2.75, 3.05) is 13.2 Å². The van der Waals surface area contributed by atoms with E-state index >= 15 is 0 Å². The second kappa shape index (κ2) is 6.77. The minimum Gasteiger partial charge on any atom is -0.460 e. The molecule has 1 aromatic carbocycles. The molecule has 1 saturated heterocycles. The second-order valence-electron chi connectivity index (χ2n) is 5.50. The number of rotatable bonds is 5. The van der Waals surface area contributed by atoms with Gasteiger partial charge in [-0.05, 0) is 49.6 Å². The molecular weight excluding hydrogens is 330 g/mol. The Balaban J connectivity index is 1.58. The molecule has 1 aromatic heterocycles. The number of halogens is 1. The molecule has 1 fully saturated rings. The van der Waals surface area contributed by atoms with Gasteiger partial charge in [0, 0.05) is 23.2 Å². The number of ether oxygens (including phenoxy) is 1. The first-order valence-corrected chi connectivity index (χ1v) is 8.19. The van der Waals surface area contributed by atoms with Crippen LogP contribution < -0.4 is 5.32 Å². The summed E-state index contributed by atoms with van der Waals surface area (Å²) in [5.74, 6) is 1.88. The van der Waals surface area contributed by atoms with Crippen molar-refractivity contribution >= 4 is 15.9 Å². The normalized spacial score (nSPS) is 18.3. The second-order valence-corrected chi connectivity index (χ2v) is 6.35. The maximum absolute atomic E-state index is 5.91. The third kappa shape index (κ3) is 3.76. The Kier molecular flexibility index (Phi) is 4.78. The Morgan fingerprint density at radius 1 is 1.29 bits per heavy atom. The monoisotopic (exact) mass is 349 g/mol. The highest BCUT2D eigenvalue weighted by molar-refractivity contribution is 9.10. The fraction of sp³-hybridized carbons (Fsp3) is 0.412. The Morgan fingerprint density at radius 2 is 2.19 bits per heavy atom. The van der Waals surface area contributed by atoms with Gasteiger partial charge in [-0.3, -0.25) is 0 Å². The van der Waals surface area contributed by atoms with Crippen molar-refractivity contribution in [3.63, 3.8) is 0 Å². The molecule has 1 aliphatic rings. The van der Waals surface area contributed by atoms with Crippen LogP contribution in [0.1, 0.15) is 24.2 Å². The zero-order chi connectivity index (χ0) is 14.7. The molecule has 3 nitrogen and oxygen atoms in total. The van der Waals surface area contributed by atoms with Gasteiger partial charge in [0.1, 0.15) is 11.5 Å². The summed E-state index contributed by atoms with van der Waals surface area (Å²) in [5, 5.41) is 3.40. The zero-order valence-electron chi connectivity index (χ0n) is 12.2. The van der Waals surface area contributed by atoms with Crippen molar-refractivity contribution in [2.45, 2.75) is 32.4 Å². The number of hydrogen-bond acceptors (Lipinski definition) is 3. The fourth-order valence-corrected chi connectivity index (χ4v) is 2.83. The molecule has 0 aliphatic carbocycles. The van der Waals surface area contributed by atoms with E-state index < -0.39 is 0 Å². The molecule has 0 unspecified atom stereocenters. The molecule has 1 aliphatic heterocycles. The van der Waals surface area contributed by atoms with E-state index in [1.54, 1.807) is 0 Å². The van der Waals surface area contributed by atoms with E-state index in [4.69, 9.17) is 9.15 Å². The van der Waals surface area contributed by atoms with Crippen molar-refractivity contribution in [3.8, 4) is 11.3 Å². The average Bonchev–Trinajstić information content (AvgIpc) is 3.13. The van der Waals surface area contributed by atoms with E-state index in [0.29, 0.717) is 6.10 Å². The van der Waals surface area contributed by atoms with E-state index in [-0.39, 0.29) is 0 Å². The highest BCUT2D eigenvalue weighted by Crippen LogP contribution is 2.26. The predicted octanol–water partition coefficient (Wildman–Crippen LogP) is 4.29. The highest BCUT2D eigenvalue weighted by atomic mass is 79.9. The van der Waals surface area contributed by atoms with E-state index in [0.717, 1.165) is 47.7 Å². The van der Waals surface area contributed by atoms with Gasteiger partial charge in [0.15, 0.2) is 0 Å². The Hall–Kier alpha value is -1.10. The van der Waals surface area contributed by atoms with Crippen LogP contribution >= 0.6 is 15.9 Å². The molecule has 112 valence electrons. The van der Waals surface area contributed by atoms with Crippen LogP contribution in [-0.2, 0) is 11.3 Å². The third-order valence-corrected chi connectivity index (χ3v) is 4.69. The van der Waals surface area contributed by atoms with Gasteiger partial charge in [-0.25, -0.2) is 0 Å². The van der Waals surface area contributed by atoms with Crippen LogP contribution in [-0.4, -0.2) is 19.3 Å². The van der Waals surface area contributed by atoms with Crippen LogP contribution in [0.2, 0.25) is 0 Å². The van der Waals surface area contributed by atoms with Crippen molar-refractivity contribution in [2.24, 2.45) is 0 Å². The smallest absolute Gasteiger partial charge is 0.134 e. The van der Waals surface area contributed by atoms with Gasteiger partial charge >= 0.3 is 0 Å². The molecular formula is C17H20BrNO2. The SMILES string of the molecule is Cc1cc(-c2ccc(CNC[C@@H]3CCCO3)o2)ccc1Br. The molecule has 1 atom stereocenters. The molecule has 3 rings (SSSR count). The Bertz CT molecular complexity index is 603. The summed E-state index contributed by atoms with van der Waals surface area (Å²) in [6.07, 6.45) is 2.71. The summed E-state index contributed by atoms with van der Waals surface area (Å²) < 4.78 is 12.6. The minimum absolute atomic E-state index is 0.369. The molecule has 0 saturated carbocycles. The summed E-state index contributed by atoms with van der Waals surface area (Å²) in [6.45, 7) is 4.63. The molecule has 2 aromatic rings. The van der Waals surface area contributed by atoms with E-state index in [2.05, 4.69) is 46.4 Å². The molecule has 2 heterocycles. The Morgan fingerprint density at radius 3 is 2.95 bits per heavy atom. The number of furan rings is 1. The predicted molar refractivity (Wildman–Crippen MR) is 87.3 cm³/mol. The number of hydrogen-bond donors (Lipinski definition) is 1. The van der Waals surface area contributed by atoms with Gasteiger partial charge in [0.05, 0.1) is 12.6 Å². The largest absolute Gasteiger partial charge is 0.460 e. The summed E-state index contributed by atoms with van der Waals surface area (Å²) in [6, 6.07) is 10.3. The first-order valence-electron chi connectivity index (χ1n) is 7.40. The van der Waals surface area contributed by atoms with Crippen LogP contribution in [0.4, 0.5) is 0 Å². The molecule has 21 heavy (non-hydrogen) atoms. The van der Waals surface area contributed by atoms with Gasteiger partial charge in [-0.1, -0.05) is 22.0 Å². The van der Waals surface area contributed by atoms with Gasteiger partial charge in [0.2, 0.25) is 0 Å². The zero-order valence-corrected chi connectivity index (χ0v) is 13.8. The number of nitrogens with one attached hydrogen (secondary N) is 1. The molecule has 0 radical (unpaired) electrons. The molecule has 1 N–H and O–H groups in total. The van der Waals surface area contributed by atoms with Crippen molar-refractivity contribution in [3.05, 3.63) is 46.1 Å². The van der Waals surface area contributed by atoms with Gasteiger partial charge < -0.3 is 14.5 Å². The van der Waals surface area contributed by atoms with E-state index in [1.165, 1.54) is 12.0 Å². The summed E-state index contributed by atoms with van der Waals surface area (Å²) in [7, 11) is 0. The standard InChI is InChI=1S/C17H20BrNO2/c1-12-9-13(4-6-16(12)18)17-7-5-15(21-17)11-19-10-14-3-2-8-20-14/h4-7,9,14,19H,2-3,8,10-11H2,1H3/t14-/m0/s1. The van der Waals surface area contributed by atoms with Crippen molar-refractivity contribution in [1.29, 1.82) is 0 Å². The molecule has 0 amide bonds. The molecule has 4 heteroatoms. The summed E-state index contributed by atoms with van der Waals surface area (Å²) in [4.78, 5) is 0. The lowest BCUT2D eigenvalue weighted by Gasteiger charge is -2.09. The first kappa shape index (κ1) is 14.8. The maximum atomic E-state index is 5.91. The molecule has 0 bridgehead atoms. The van der Waals surface area contributed by atoms with Crippen LogP contribution in [0.3, 0.4) is 0 Å². The lowest BCUT2D eigenvalue weighted by Crippen LogP contribution is -2.25. The van der Waals surface area contributed by atoms with E-state index in [9.17, 15) is 0 Å². The molecule has 0 spiro atoms. The van der Waals surface area contributed by atoms with Crippen LogP contribution in [0.25, 0.3) is 11.3 Å².